The summed E-state index contributed by atoms with van der Waals surface area (Å²) in [6.07, 6.45) is -2.87. The number of oxime groups is 1. The van der Waals surface area contributed by atoms with Crippen molar-refractivity contribution >= 4 is 32.1 Å². The zero-order valence-electron chi connectivity index (χ0n) is 12.6. The third-order valence-electron chi connectivity index (χ3n) is 3.62. The molecule has 24 heavy (non-hydrogen) atoms. The number of hydrogen-bond donors (Lipinski definition) is 1. The normalized spacial score (nSPS) is 17.4. The summed E-state index contributed by atoms with van der Waals surface area (Å²) in [4.78, 5) is 9.27. The Kier molecular flexibility index (Phi) is 4.49. The molecule has 2 aromatic rings. The molecule has 1 aliphatic rings. The molecule has 0 spiro atoms. The van der Waals surface area contributed by atoms with Gasteiger partial charge in [-0.2, -0.15) is 13.2 Å². The Morgan fingerprint density at radius 3 is 2.71 bits per heavy atom. The third-order valence-corrected chi connectivity index (χ3v) is 4.08. The van der Waals surface area contributed by atoms with Crippen LogP contribution in [0.4, 0.5) is 24.7 Å². The molecule has 8 heteroatoms. The second-order valence-corrected chi connectivity index (χ2v) is 6.31. The maximum Gasteiger partial charge on any atom is 0.416 e. The van der Waals surface area contributed by atoms with Crippen LogP contribution in [0, 0.1) is 6.92 Å². The second-order valence-electron chi connectivity index (χ2n) is 5.39. The highest BCUT2D eigenvalue weighted by Gasteiger charge is 2.30. The maximum absolute atomic E-state index is 12.8. The van der Waals surface area contributed by atoms with Gasteiger partial charge in [-0.15, -0.1) is 0 Å². The molecule has 1 atom stereocenters. The molecule has 1 aromatic heterocycles. The van der Waals surface area contributed by atoms with Crippen molar-refractivity contribution in [1.29, 1.82) is 0 Å². The molecule has 0 saturated carbocycles. The molecule has 1 aliphatic heterocycles. The Balaban J connectivity index is 1.85. The van der Waals surface area contributed by atoms with Gasteiger partial charge in [0.1, 0.15) is 10.4 Å². The first-order chi connectivity index (χ1) is 11.3. The molecule has 0 bridgehead atoms. The second kappa shape index (κ2) is 6.43. The lowest BCUT2D eigenvalue weighted by atomic mass is 10.0. The summed E-state index contributed by atoms with van der Waals surface area (Å²) in [6.45, 7) is 1.86. The minimum Gasteiger partial charge on any atom is -0.386 e. The fourth-order valence-electron chi connectivity index (χ4n) is 2.31. The van der Waals surface area contributed by atoms with Gasteiger partial charge in [-0.3, -0.25) is 0 Å². The van der Waals surface area contributed by atoms with E-state index in [4.69, 9.17) is 4.84 Å². The molecule has 4 nitrogen and oxygen atoms in total. The summed E-state index contributed by atoms with van der Waals surface area (Å²) >= 11 is 3.28. The molecule has 0 aliphatic carbocycles. The van der Waals surface area contributed by atoms with E-state index in [1.54, 1.807) is 0 Å². The van der Waals surface area contributed by atoms with E-state index in [9.17, 15) is 13.2 Å². The highest BCUT2D eigenvalue weighted by Crippen LogP contribution is 2.33. The van der Waals surface area contributed by atoms with E-state index in [2.05, 4.69) is 31.4 Å². The highest BCUT2D eigenvalue weighted by atomic mass is 79.9. The number of rotatable bonds is 3. The number of benzene rings is 1. The Labute approximate surface area is 144 Å². The fourth-order valence-corrected chi connectivity index (χ4v) is 2.69. The largest absolute Gasteiger partial charge is 0.416 e. The minimum atomic E-state index is -4.41. The Hall–Kier alpha value is -2.09. The van der Waals surface area contributed by atoms with Gasteiger partial charge in [0.25, 0.3) is 0 Å². The average molecular weight is 400 g/mol. The Bertz CT molecular complexity index is 792. The van der Waals surface area contributed by atoms with E-state index in [-0.39, 0.29) is 11.9 Å². The van der Waals surface area contributed by atoms with E-state index in [1.165, 1.54) is 0 Å². The van der Waals surface area contributed by atoms with Crippen LogP contribution in [-0.2, 0) is 11.0 Å². The molecule has 0 radical (unpaired) electrons. The first-order valence-corrected chi connectivity index (χ1v) is 7.91. The van der Waals surface area contributed by atoms with Crippen LogP contribution < -0.4 is 5.32 Å². The topological polar surface area (TPSA) is 46.5 Å². The van der Waals surface area contributed by atoms with Crippen molar-refractivity contribution in [2.75, 3.05) is 5.32 Å². The van der Waals surface area contributed by atoms with Gasteiger partial charge in [0, 0.05) is 18.3 Å². The molecule has 1 N–H and O–H groups in total. The Morgan fingerprint density at radius 1 is 1.25 bits per heavy atom. The van der Waals surface area contributed by atoms with Gasteiger partial charge in [0.2, 0.25) is 0 Å². The zero-order valence-corrected chi connectivity index (χ0v) is 14.1. The van der Waals surface area contributed by atoms with Crippen LogP contribution in [0.15, 0.2) is 41.7 Å². The number of halogens is 4. The van der Waals surface area contributed by atoms with Crippen molar-refractivity contribution in [1.82, 2.24) is 4.98 Å². The van der Waals surface area contributed by atoms with Gasteiger partial charge >= 0.3 is 6.18 Å². The van der Waals surface area contributed by atoms with Crippen LogP contribution in [0.25, 0.3) is 0 Å². The number of pyridine rings is 1. The molecule has 0 amide bonds. The Morgan fingerprint density at radius 2 is 2.04 bits per heavy atom. The number of aromatic nitrogens is 1. The summed E-state index contributed by atoms with van der Waals surface area (Å²) in [5.74, 6) is 0.134. The van der Waals surface area contributed by atoms with Crippen molar-refractivity contribution in [3.05, 3.63) is 53.2 Å². The lowest BCUT2D eigenvalue weighted by Gasteiger charge is -2.14. The van der Waals surface area contributed by atoms with E-state index in [1.807, 2.05) is 25.1 Å². The van der Waals surface area contributed by atoms with Crippen LogP contribution in [0.1, 0.15) is 29.2 Å². The molecule has 2 heterocycles. The maximum atomic E-state index is 12.8. The van der Waals surface area contributed by atoms with Crippen LogP contribution in [0.5, 0.6) is 0 Å². The summed E-state index contributed by atoms with van der Waals surface area (Å²) in [5.41, 5.74) is 1.69. The molecular weight excluding hydrogens is 387 g/mol. The first kappa shape index (κ1) is 16.8. The summed E-state index contributed by atoms with van der Waals surface area (Å²) in [6, 6.07) is 7.55. The third kappa shape index (κ3) is 3.69. The van der Waals surface area contributed by atoms with Gasteiger partial charge in [-0.05, 0) is 52.2 Å². The van der Waals surface area contributed by atoms with Gasteiger partial charge in [-0.1, -0.05) is 17.3 Å². The van der Waals surface area contributed by atoms with Crippen molar-refractivity contribution in [2.24, 2.45) is 5.16 Å². The SMILES string of the molecule is Cc1ccc([C@H]2CC(Br)=NO2)cc1Nc1cc(C(F)(F)F)ccn1. The molecule has 0 saturated heterocycles. The fraction of sp³-hybridized carbons (Fsp3) is 0.250. The standard InChI is InChI=1S/C16H13BrF3N3O/c1-9-2-3-10(13-8-14(17)23-24-13)6-12(9)22-15-7-11(4-5-21-15)16(18,19)20/h2-7,13H,8H2,1H3,(H,21,22)/t13-/m1/s1. The smallest absolute Gasteiger partial charge is 0.386 e. The monoisotopic (exact) mass is 399 g/mol. The van der Waals surface area contributed by atoms with Gasteiger partial charge in [0.05, 0.1) is 5.56 Å². The van der Waals surface area contributed by atoms with Crippen LogP contribution in [0.3, 0.4) is 0 Å². The summed E-state index contributed by atoms with van der Waals surface area (Å²) < 4.78 is 39.1. The molecule has 0 fully saturated rings. The predicted octanol–water partition coefficient (Wildman–Crippen LogP) is 5.32. The van der Waals surface area contributed by atoms with Crippen molar-refractivity contribution in [3.8, 4) is 0 Å². The number of nitrogens with one attached hydrogen (secondary N) is 1. The molecule has 3 rings (SSSR count). The van der Waals surface area contributed by atoms with Crippen LogP contribution in [-0.4, -0.2) is 9.60 Å². The molecule has 1 aromatic carbocycles. The van der Waals surface area contributed by atoms with Gasteiger partial charge in [0.15, 0.2) is 6.10 Å². The van der Waals surface area contributed by atoms with Crippen molar-refractivity contribution in [2.45, 2.75) is 25.6 Å². The molecule has 0 unspecified atom stereocenters. The highest BCUT2D eigenvalue weighted by molar-refractivity contribution is 9.18. The molecular formula is C16H13BrF3N3O. The lowest BCUT2D eigenvalue weighted by molar-refractivity contribution is -0.137. The average Bonchev–Trinajstić information content (AvgIpc) is 2.95. The molecule has 126 valence electrons. The zero-order chi connectivity index (χ0) is 17.3. The van der Waals surface area contributed by atoms with Gasteiger partial charge < -0.3 is 10.2 Å². The van der Waals surface area contributed by atoms with Crippen LogP contribution in [0.2, 0.25) is 0 Å². The summed E-state index contributed by atoms with van der Waals surface area (Å²) in [7, 11) is 0. The quantitative estimate of drug-likeness (QED) is 0.759. The number of nitrogens with zero attached hydrogens (tertiary/aromatic N) is 2. The predicted molar refractivity (Wildman–Crippen MR) is 88.5 cm³/mol. The first-order valence-electron chi connectivity index (χ1n) is 7.12. The number of alkyl halides is 3. The number of hydrogen-bond acceptors (Lipinski definition) is 4. The van der Waals surface area contributed by atoms with Crippen LogP contribution >= 0.6 is 15.9 Å². The van der Waals surface area contributed by atoms with E-state index in [0.29, 0.717) is 12.1 Å². The number of aryl methyl sites for hydroxylation is 1. The van der Waals surface area contributed by atoms with E-state index < -0.39 is 11.7 Å². The summed E-state index contributed by atoms with van der Waals surface area (Å²) in [5, 5.41) is 6.79. The van der Waals surface area contributed by atoms with Crippen molar-refractivity contribution in [3.63, 3.8) is 0 Å². The van der Waals surface area contributed by atoms with E-state index in [0.717, 1.165) is 34.1 Å². The van der Waals surface area contributed by atoms with Gasteiger partial charge in [-0.25, -0.2) is 4.98 Å². The minimum absolute atomic E-state index is 0.134. The number of anilines is 2. The lowest BCUT2D eigenvalue weighted by Crippen LogP contribution is -2.06. The van der Waals surface area contributed by atoms with E-state index >= 15 is 0 Å². The van der Waals surface area contributed by atoms with Crippen molar-refractivity contribution < 1.29 is 18.0 Å².